The van der Waals surface area contributed by atoms with Crippen molar-refractivity contribution in [3.63, 3.8) is 0 Å². The Kier molecular flexibility index (Phi) is 5.54. The number of aryl methyl sites for hydroxylation is 1. The van der Waals surface area contributed by atoms with E-state index in [4.69, 9.17) is 23.2 Å². The lowest BCUT2D eigenvalue weighted by molar-refractivity contribution is 0.0693. The Morgan fingerprint density at radius 2 is 2.10 bits per heavy atom. The van der Waals surface area contributed by atoms with Crippen molar-refractivity contribution in [1.29, 1.82) is 0 Å². The van der Waals surface area contributed by atoms with E-state index in [1.165, 1.54) is 11.8 Å². The molecule has 0 unspecified atom stereocenters. The molecule has 0 aliphatic heterocycles. The van der Waals surface area contributed by atoms with Gasteiger partial charge < -0.3 is 5.11 Å². The first-order valence-electron chi connectivity index (χ1n) is 5.85. The number of benzene rings is 1. The highest BCUT2D eigenvalue weighted by atomic mass is 79.9. The number of carboxylic acids is 1. The highest BCUT2D eigenvalue weighted by Gasteiger charge is 2.14. The largest absolute Gasteiger partial charge is 0.478 e. The van der Waals surface area contributed by atoms with E-state index < -0.39 is 5.97 Å². The third-order valence-electron chi connectivity index (χ3n) is 2.69. The van der Waals surface area contributed by atoms with E-state index in [0.29, 0.717) is 26.4 Å². The van der Waals surface area contributed by atoms with E-state index in [-0.39, 0.29) is 5.56 Å². The molecule has 0 saturated heterocycles. The predicted molar refractivity (Wildman–Crippen MR) is 89.7 cm³/mol. The molecule has 0 spiro atoms. The van der Waals surface area contributed by atoms with Crippen LogP contribution in [0.2, 0.25) is 10.2 Å². The summed E-state index contributed by atoms with van der Waals surface area (Å²) in [5, 5.41) is 10.1. The quantitative estimate of drug-likeness (QED) is 0.541. The first kappa shape index (κ1) is 16.6. The van der Waals surface area contributed by atoms with Gasteiger partial charge in [-0.1, -0.05) is 39.1 Å². The van der Waals surface area contributed by atoms with Crippen molar-refractivity contribution in [3.8, 4) is 0 Å². The molecule has 3 nitrogen and oxygen atoms in total. The lowest BCUT2D eigenvalue weighted by Gasteiger charge is -2.09. The van der Waals surface area contributed by atoms with E-state index in [2.05, 4.69) is 20.9 Å². The highest BCUT2D eigenvalue weighted by molar-refractivity contribution is 9.10. The van der Waals surface area contributed by atoms with E-state index in [9.17, 15) is 9.90 Å². The van der Waals surface area contributed by atoms with Gasteiger partial charge in [0.25, 0.3) is 0 Å². The monoisotopic (exact) mass is 405 g/mol. The molecular weight excluding hydrogens is 397 g/mol. The van der Waals surface area contributed by atoms with Gasteiger partial charge in [-0.15, -0.1) is 11.8 Å². The van der Waals surface area contributed by atoms with E-state index in [0.717, 1.165) is 10.2 Å². The fourth-order valence-electron chi connectivity index (χ4n) is 1.69. The topological polar surface area (TPSA) is 50.2 Å². The third-order valence-corrected chi connectivity index (χ3v) is 4.92. The zero-order valence-corrected chi connectivity index (χ0v) is 14.8. The van der Waals surface area contributed by atoms with E-state index in [1.54, 1.807) is 24.3 Å². The second-order valence-corrected chi connectivity index (χ2v) is 6.95. The lowest BCUT2D eigenvalue weighted by atomic mass is 10.2. The van der Waals surface area contributed by atoms with E-state index in [1.807, 2.05) is 6.92 Å². The number of aromatic carboxylic acids is 1. The van der Waals surface area contributed by atoms with Gasteiger partial charge in [0.05, 0.1) is 5.56 Å². The molecule has 21 heavy (non-hydrogen) atoms. The summed E-state index contributed by atoms with van der Waals surface area (Å²) >= 11 is 17.0. The summed E-state index contributed by atoms with van der Waals surface area (Å²) in [6, 6.07) is 6.76. The molecule has 0 saturated carbocycles. The van der Waals surface area contributed by atoms with Crippen molar-refractivity contribution in [3.05, 3.63) is 55.7 Å². The number of hydrogen-bond donors (Lipinski definition) is 1. The molecule has 0 aliphatic carbocycles. The van der Waals surface area contributed by atoms with Crippen LogP contribution in [-0.2, 0) is 5.75 Å². The normalized spacial score (nSPS) is 10.7. The molecule has 1 heterocycles. The smallest absolute Gasteiger partial charge is 0.336 e. The fourth-order valence-corrected chi connectivity index (χ4v) is 4.14. The van der Waals surface area contributed by atoms with Crippen LogP contribution in [-0.4, -0.2) is 16.1 Å². The van der Waals surface area contributed by atoms with Gasteiger partial charge in [-0.2, -0.15) is 0 Å². The van der Waals surface area contributed by atoms with Gasteiger partial charge in [0.15, 0.2) is 0 Å². The van der Waals surface area contributed by atoms with Crippen LogP contribution < -0.4 is 0 Å². The SMILES string of the molecule is Cc1cc(Cl)c(CSc2cc(Br)ccc2C(=O)O)c(Cl)n1. The molecule has 0 radical (unpaired) electrons. The van der Waals surface area contributed by atoms with Gasteiger partial charge in [0.1, 0.15) is 5.15 Å². The van der Waals surface area contributed by atoms with Gasteiger partial charge in [0.2, 0.25) is 0 Å². The van der Waals surface area contributed by atoms with E-state index >= 15 is 0 Å². The number of thioether (sulfide) groups is 1. The number of rotatable bonds is 4. The Labute approximate surface area is 144 Å². The average Bonchev–Trinajstić information content (AvgIpc) is 2.37. The van der Waals surface area contributed by atoms with Crippen LogP contribution in [0.3, 0.4) is 0 Å². The Morgan fingerprint density at radius 3 is 2.71 bits per heavy atom. The molecule has 2 aromatic rings. The van der Waals surface area contributed by atoms with Crippen molar-refractivity contribution in [2.75, 3.05) is 0 Å². The highest BCUT2D eigenvalue weighted by Crippen LogP contribution is 2.33. The Morgan fingerprint density at radius 1 is 1.38 bits per heavy atom. The van der Waals surface area contributed by atoms with Crippen LogP contribution in [0.25, 0.3) is 0 Å². The second kappa shape index (κ2) is 7.01. The first-order chi connectivity index (χ1) is 9.88. The first-order valence-corrected chi connectivity index (χ1v) is 8.39. The standard InChI is InChI=1S/C14H10BrCl2NO2S/c1-7-4-11(16)10(13(17)18-7)6-21-12-5-8(15)2-3-9(12)14(19)20/h2-5H,6H2,1H3,(H,19,20). The lowest BCUT2D eigenvalue weighted by Crippen LogP contribution is -1.99. The summed E-state index contributed by atoms with van der Waals surface area (Å²) in [4.78, 5) is 16.0. The Hall–Kier alpha value is -0.750. The average molecular weight is 407 g/mol. The van der Waals surface area contributed by atoms with Crippen LogP contribution in [0.4, 0.5) is 0 Å². The van der Waals surface area contributed by atoms with Gasteiger partial charge in [-0.05, 0) is 31.2 Å². The molecule has 0 atom stereocenters. The molecule has 0 amide bonds. The van der Waals surface area contributed by atoms with Crippen molar-refractivity contribution in [2.24, 2.45) is 0 Å². The molecule has 1 aromatic carbocycles. The van der Waals surface area contributed by atoms with Crippen LogP contribution >= 0.6 is 50.9 Å². The number of pyridine rings is 1. The summed E-state index contributed by atoms with van der Waals surface area (Å²) in [6.45, 7) is 1.81. The van der Waals surface area contributed by atoms with Crippen LogP contribution in [0.1, 0.15) is 21.6 Å². The zero-order valence-electron chi connectivity index (χ0n) is 10.9. The van der Waals surface area contributed by atoms with Crippen molar-refractivity contribution < 1.29 is 9.90 Å². The van der Waals surface area contributed by atoms with Crippen molar-refractivity contribution in [1.82, 2.24) is 4.98 Å². The van der Waals surface area contributed by atoms with Gasteiger partial charge in [0, 0.05) is 31.4 Å². The number of carbonyl (C=O) groups is 1. The Bertz CT molecular complexity index is 686. The fraction of sp³-hybridized carbons (Fsp3) is 0.143. The van der Waals surface area contributed by atoms with Crippen LogP contribution in [0.5, 0.6) is 0 Å². The molecule has 110 valence electrons. The summed E-state index contributed by atoms with van der Waals surface area (Å²) in [5.74, 6) is -0.522. The maximum absolute atomic E-state index is 11.2. The molecule has 1 N–H and O–H groups in total. The summed E-state index contributed by atoms with van der Waals surface area (Å²) in [6.07, 6.45) is 0. The molecule has 0 bridgehead atoms. The number of hydrogen-bond acceptors (Lipinski definition) is 3. The van der Waals surface area contributed by atoms with Crippen molar-refractivity contribution in [2.45, 2.75) is 17.6 Å². The van der Waals surface area contributed by atoms with Gasteiger partial charge >= 0.3 is 5.97 Å². The molecule has 1 aromatic heterocycles. The minimum absolute atomic E-state index is 0.246. The second-order valence-electron chi connectivity index (χ2n) is 4.25. The van der Waals surface area contributed by atoms with Gasteiger partial charge in [-0.25, -0.2) is 9.78 Å². The third kappa shape index (κ3) is 4.13. The number of halogens is 3. The predicted octanol–water partition coefficient (Wildman–Crippen LogP) is 5.45. The summed E-state index contributed by atoms with van der Waals surface area (Å²) < 4.78 is 0.814. The van der Waals surface area contributed by atoms with Crippen molar-refractivity contribution >= 4 is 56.9 Å². The maximum atomic E-state index is 11.2. The summed E-state index contributed by atoms with van der Waals surface area (Å²) in [7, 11) is 0. The number of aromatic nitrogens is 1. The number of nitrogens with zero attached hydrogens (tertiary/aromatic N) is 1. The molecule has 0 aliphatic rings. The van der Waals surface area contributed by atoms with Gasteiger partial charge in [-0.3, -0.25) is 0 Å². The summed E-state index contributed by atoms with van der Waals surface area (Å²) in [5.41, 5.74) is 1.69. The molecule has 2 rings (SSSR count). The Balaban J connectivity index is 2.28. The minimum Gasteiger partial charge on any atom is -0.478 e. The molecule has 7 heteroatoms. The molecule has 0 fully saturated rings. The molecular formula is C14H10BrCl2NO2S. The number of carboxylic acid groups (broad SMARTS) is 1. The zero-order chi connectivity index (χ0) is 15.6. The van der Waals surface area contributed by atoms with Crippen LogP contribution in [0, 0.1) is 6.92 Å². The minimum atomic E-state index is -0.968. The maximum Gasteiger partial charge on any atom is 0.336 e. The van der Waals surface area contributed by atoms with Crippen LogP contribution in [0.15, 0.2) is 33.6 Å².